The average molecular weight is 969 g/mol. The van der Waals surface area contributed by atoms with Gasteiger partial charge in [-0.3, -0.25) is 38.8 Å². The largest absolute Gasteiger partial charge is 0.416 e. The third-order valence-corrected chi connectivity index (χ3v) is 13.4. The Morgan fingerprint density at radius 2 is 1.76 bits per heavy atom. The first-order valence-electron chi connectivity index (χ1n) is 23.8. The van der Waals surface area contributed by atoms with Crippen molar-refractivity contribution in [2.24, 2.45) is 0 Å². The number of rotatable bonds is 8. The fourth-order valence-corrected chi connectivity index (χ4v) is 9.78. The van der Waals surface area contributed by atoms with Crippen LogP contribution in [0.25, 0.3) is 28.2 Å². The number of imide groups is 1. The highest BCUT2D eigenvalue weighted by molar-refractivity contribution is 6.07. The number of hydrogen-bond acceptors (Lipinski definition) is 10. The minimum absolute atomic E-state index is 0.0629. The first kappa shape index (κ1) is 48.2. The van der Waals surface area contributed by atoms with Crippen LogP contribution in [0.5, 0.6) is 0 Å². The smallest absolute Gasteiger partial charge is 0.383 e. The number of aromatic nitrogens is 4. The zero-order chi connectivity index (χ0) is 49.8. The van der Waals surface area contributed by atoms with Gasteiger partial charge in [0, 0.05) is 78.6 Å². The average Bonchev–Trinajstić information content (AvgIpc) is 3.91. The number of hydrogen-bond donors (Lipinski definition) is 4. The molecule has 1 unspecified atom stereocenters. The van der Waals surface area contributed by atoms with Gasteiger partial charge in [-0.2, -0.15) is 18.3 Å². The van der Waals surface area contributed by atoms with E-state index in [-0.39, 0.29) is 78.8 Å². The topological polar surface area (TPSA) is 215 Å². The Bertz CT molecular complexity index is 3030. The van der Waals surface area contributed by atoms with Gasteiger partial charge in [0.25, 0.3) is 11.8 Å². The summed E-state index contributed by atoms with van der Waals surface area (Å²) < 4.78 is 41.8. The van der Waals surface area contributed by atoms with E-state index in [0.717, 1.165) is 59.8 Å². The van der Waals surface area contributed by atoms with E-state index in [1.165, 1.54) is 4.90 Å². The highest BCUT2D eigenvalue weighted by Gasteiger charge is 2.39. The Kier molecular flexibility index (Phi) is 14.0. The number of nitrogen functional groups attached to an aromatic ring is 1. The number of halogens is 3. The summed E-state index contributed by atoms with van der Waals surface area (Å²) in [4.78, 5) is 89.0. The van der Waals surface area contributed by atoms with Gasteiger partial charge in [0.05, 0.1) is 29.1 Å². The molecule has 0 radical (unpaired) electrons. The molecule has 3 atom stereocenters. The van der Waals surface area contributed by atoms with Gasteiger partial charge in [-0.1, -0.05) is 36.1 Å². The third-order valence-electron chi connectivity index (χ3n) is 13.4. The van der Waals surface area contributed by atoms with E-state index in [2.05, 4.69) is 37.8 Å². The van der Waals surface area contributed by atoms with Crippen LogP contribution in [-0.2, 0) is 31.9 Å². The number of unbranched alkanes of at least 4 members (excludes halogenated alkanes) is 2. The maximum Gasteiger partial charge on any atom is 0.416 e. The lowest BCUT2D eigenvalue weighted by molar-refractivity contribution is -0.138. The van der Waals surface area contributed by atoms with Crippen molar-refractivity contribution in [2.75, 3.05) is 24.1 Å². The van der Waals surface area contributed by atoms with Gasteiger partial charge in [0.1, 0.15) is 23.4 Å². The Morgan fingerprint density at radius 3 is 2.56 bits per heavy atom. The van der Waals surface area contributed by atoms with Gasteiger partial charge >= 0.3 is 6.18 Å². The number of alkyl halides is 3. The number of allylic oxidation sites excluding steroid dienone is 1. The zero-order valence-corrected chi connectivity index (χ0v) is 38.7. The van der Waals surface area contributed by atoms with E-state index in [0.29, 0.717) is 73.7 Å². The van der Waals surface area contributed by atoms with Gasteiger partial charge < -0.3 is 26.2 Å². The van der Waals surface area contributed by atoms with Crippen LogP contribution in [0, 0.1) is 11.8 Å². The van der Waals surface area contributed by atoms with E-state index in [1.807, 2.05) is 22.9 Å². The lowest BCUT2D eigenvalue weighted by Gasteiger charge is -2.31. The molecular weight excluding hydrogens is 918 g/mol. The van der Waals surface area contributed by atoms with Gasteiger partial charge in [0.15, 0.2) is 0 Å². The SMILES string of the molecule is Nc1ncc2c3c1c(-c1ccc(C(=O)Nc4cc(C(F)(F)F)ccn4)cc1)nn3[C@@H]1CCC[C@H](C1)NC(=O)CN(C(=O)CCCCC#Cc1ccc3c(c1)CN(C1CCC(=O)NC1=O)C3=O)CCC/C=C/2. The fraction of sp³-hybridized carbons (Fsp3) is 0.365. The Labute approximate surface area is 406 Å². The Balaban J connectivity index is 0.839. The summed E-state index contributed by atoms with van der Waals surface area (Å²) in [5, 5.41) is 13.7. The number of fused-ring (bicyclic) bond motifs is 4. The number of pyridine rings is 2. The number of nitrogens with two attached hydrogens (primary N) is 1. The number of amides is 6. The predicted molar refractivity (Wildman–Crippen MR) is 257 cm³/mol. The highest BCUT2D eigenvalue weighted by atomic mass is 19.4. The maximum atomic E-state index is 13.6. The first-order chi connectivity index (χ1) is 34.2. The van der Waals surface area contributed by atoms with Crippen LogP contribution in [0.15, 0.2) is 73.1 Å². The van der Waals surface area contributed by atoms with E-state index in [1.54, 1.807) is 47.5 Å². The molecule has 6 heterocycles. The van der Waals surface area contributed by atoms with Crippen molar-refractivity contribution in [3.8, 4) is 23.1 Å². The van der Waals surface area contributed by atoms with E-state index in [9.17, 15) is 41.9 Å². The third kappa shape index (κ3) is 10.8. The van der Waals surface area contributed by atoms with E-state index in [4.69, 9.17) is 10.8 Å². The minimum atomic E-state index is -4.59. The lowest BCUT2D eigenvalue weighted by atomic mass is 9.90. The number of nitrogens with zero attached hydrogens (tertiary/aromatic N) is 6. The standard InChI is InChI=1S/C52H51F3N10O6/c53-52(54,55)36-22-23-57-41(26-36)60-49(69)33-17-15-32(16-18-33)46-45-47-34(28-58-48(45)56)10-5-3-7-24-63(30-43(67)59-37-11-8-12-38(27-37)65(47)62-46)44(68)13-6-2-1-4-9-31-14-19-39-35(25-31)29-64(51(39)71)40-20-21-42(66)61-50(40)70/h5,10,14-19,22-23,25-26,28,37-38,40H,1-3,6-8,11-13,20-21,24,27,29-30H2,(H2,56,58)(H,59,67)(H,57,60,69)(H,61,66,70)/b10-5+/t37-,38-,40?/m1/s1. The van der Waals surface area contributed by atoms with Crippen molar-refractivity contribution in [2.45, 2.75) is 108 Å². The molecule has 5 aromatic rings. The summed E-state index contributed by atoms with van der Waals surface area (Å²) in [6.07, 6.45) is 8.75. The summed E-state index contributed by atoms with van der Waals surface area (Å²) in [5.41, 5.74) is 10.6. The molecule has 1 aliphatic carbocycles. The Morgan fingerprint density at radius 1 is 0.930 bits per heavy atom. The molecule has 3 aliphatic heterocycles. The molecule has 2 aromatic carbocycles. The molecule has 1 saturated carbocycles. The summed E-state index contributed by atoms with van der Waals surface area (Å²) in [7, 11) is 0. The molecule has 5 N–H and O–H groups in total. The molecule has 0 spiro atoms. The number of carbonyl (C=O) groups excluding carboxylic acids is 6. The van der Waals surface area contributed by atoms with Crippen molar-refractivity contribution in [1.82, 2.24) is 40.2 Å². The van der Waals surface area contributed by atoms with Gasteiger partial charge in [0.2, 0.25) is 23.6 Å². The summed E-state index contributed by atoms with van der Waals surface area (Å²) >= 11 is 0. The summed E-state index contributed by atoms with van der Waals surface area (Å²) in [6.45, 7) is 0.589. The molecule has 366 valence electrons. The molecule has 6 amide bonds. The summed E-state index contributed by atoms with van der Waals surface area (Å²) in [5.74, 6) is 4.35. The number of benzene rings is 2. The number of anilines is 2. The van der Waals surface area contributed by atoms with Crippen LogP contribution < -0.4 is 21.7 Å². The molecule has 2 bridgehead atoms. The number of nitrogens with one attached hydrogen (secondary N) is 3. The molecular formula is C52H51F3N10O6. The van der Waals surface area contributed by atoms with Crippen LogP contribution in [0.2, 0.25) is 0 Å². The van der Waals surface area contributed by atoms with Crippen molar-refractivity contribution >= 4 is 64.1 Å². The van der Waals surface area contributed by atoms with Crippen LogP contribution >= 0.6 is 0 Å². The van der Waals surface area contributed by atoms with Crippen molar-refractivity contribution < 1.29 is 41.9 Å². The molecule has 1 saturated heterocycles. The zero-order valence-electron chi connectivity index (χ0n) is 38.7. The molecule has 9 rings (SSSR count). The highest BCUT2D eigenvalue weighted by Crippen LogP contribution is 2.39. The predicted octanol–water partition coefficient (Wildman–Crippen LogP) is 6.96. The van der Waals surface area contributed by atoms with Gasteiger partial charge in [-0.05, 0) is 106 Å². The molecule has 3 aromatic heterocycles. The second-order valence-corrected chi connectivity index (χ2v) is 18.3. The fourth-order valence-electron chi connectivity index (χ4n) is 9.78. The van der Waals surface area contributed by atoms with Gasteiger partial charge in [-0.25, -0.2) is 9.97 Å². The lowest BCUT2D eigenvalue weighted by Crippen LogP contribution is -2.52. The molecule has 4 aliphatic rings. The second-order valence-electron chi connectivity index (χ2n) is 18.3. The van der Waals surface area contributed by atoms with E-state index >= 15 is 0 Å². The maximum absolute atomic E-state index is 13.6. The van der Waals surface area contributed by atoms with Crippen LogP contribution in [0.1, 0.15) is 126 Å². The minimum Gasteiger partial charge on any atom is -0.383 e. The van der Waals surface area contributed by atoms with Crippen molar-refractivity contribution in [1.29, 1.82) is 0 Å². The number of piperidine rings is 1. The monoisotopic (exact) mass is 968 g/mol. The van der Waals surface area contributed by atoms with E-state index < -0.39 is 29.6 Å². The molecule has 71 heavy (non-hydrogen) atoms. The van der Waals surface area contributed by atoms with Crippen LogP contribution in [0.3, 0.4) is 0 Å². The second kappa shape index (κ2) is 20.6. The molecule has 16 nitrogen and oxygen atoms in total. The molecule has 19 heteroatoms. The first-order valence-corrected chi connectivity index (χ1v) is 23.8. The molecule has 2 fully saturated rings. The number of carbonyl (C=O) groups is 6. The van der Waals surface area contributed by atoms with Crippen molar-refractivity contribution in [3.05, 3.63) is 106 Å². The normalized spacial score (nSPS) is 20.0. The van der Waals surface area contributed by atoms with Crippen LogP contribution in [0.4, 0.5) is 24.8 Å². The van der Waals surface area contributed by atoms with Crippen molar-refractivity contribution in [3.63, 3.8) is 0 Å². The summed E-state index contributed by atoms with van der Waals surface area (Å²) in [6, 6.07) is 12.5. The van der Waals surface area contributed by atoms with Crippen LogP contribution in [-0.4, -0.2) is 90.2 Å². The Hall–Kier alpha value is -7.88. The van der Waals surface area contributed by atoms with Gasteiger partial charge in [-0.15, -0.1) is 0 Å². The quantitative estimate of drug-likeness (QED) is 0.0713.